The van der Waals surface area contributed by atoms with Gasteiger partial charge < -0.3 is 4.74 Å². The Hall–Kier alpha value is -1.54. The molecule has 2 aromatic rings. The summed E-state index contributed by atoms with van der Waals surface area (Å²) in [6, 6.07) is 0.328. The first-order chi connectivity index (χ1) is 11.9. The average Bonchev–Trinajstić information content (AvgIpc) is 3.18. The maximum atomic E-state index is 5.46. The normalized spacial score (nSPS) is 21.2. The number of hydrogen-bond acceptors (Lipinski definition) is 7. The minimum Gasteiger partial charge on any atom is -0.381 e. The molecule has 1 saturated heterocycles. The van der Waals surface area contributed by atoms with Crippen LogP contribution in [0.25, 0.3) is 0 Å². The monoisotopic (exact) mass is 344 g/mol. The largest absolute Gasteiger partial charge is 0.381 e. The van der Waals surface area contributed by atoms with Gasteiger partial charge in [-0.15, -0.1) is 5.10 Å². The Balaban J connectivity index is 1.47. The summed E-state index contributed by atoms with van der Waals surface area (Å²) >= 11 is 1.61. The fourth-order valence-corrected chi connectivity index (χ4v) is 4.53. The second-order valence-electron chi connectivity index (χ2n) is 6.79. The molecular weight excluding hydrogens is 324 g/mol. The zero-order chi connectivity index (χ0) is 15.9. The van der Waals surface area contributed by atoms with E-state index in [1.54, 1.807) is 11.8 Å². The molecule has 0 bridgehead atoms. The molecule has 0 spiro atoms. The van der Waals surface area contributed by atoms with E-state index in [4.69, 9.17) is 14.7 Å². The number of tetrazole rings is 1. The molecule has 7 nitrogen and oxygen atoms in total. The molecule has 0 atom stereocenters. The van der Waals surface area contributed by atoms with Crippen LogP contribution in [-0.2, 0) is 17.6 Å². The fourth-order valence-electron chi connectivity index (χ4n) is 3.52. The van der Waals surface area contributed by atoms with Gasteiger partial charge in [0.1, 0.15) is 10.9 Å². The molecule has 0 amide bonds. The lowest BCUT2D eigenvalue weighted by Gasteiger charge is -2.22. The Bertz CT molecular complexity index is 753. The van der Waals surface area contributed by atoms with Gasteiger partial charge in [0.15, 0.2) is 0 Å². The van der Waals surface area contributed by atoms with E-state index < -0.39 is 0 Å². The zero-order valence-corrected chi connectivity index (χ0v) is 14.3. The van der Waals surface area contributed by atoms with Gasteiger partial charge in [-0.2, -0.15) is 0 Å². The van der Waals surface area contributed by atoms with Gasteiger partial charge in [0.05, 0.1) is 6.04 Å². The molecule has 8 heteroatoms. The van der Waals surface area contributed by atoms with Crippen LogP contribution in [0.5, 0.6) is 0 Å². The van der Waals surface area contributed by atoms with Crippen molar-refractivity contribution in [2.75, 3.05) is 13.2 Å². The predicted molar refractivity (Wildman–Crippen MR) is 87.1 cm³/mol. The predicted octanol–water partition coefficient (Wildman–Crippen LogP) is 2.33. The SMILES string of the molecule is C1Cc2nc(C3CC3)nc(Sc3nnnn3C3CCOCC3)c2C1. The van der Waals surface area contributed by atoms with Crippen molar-refractivity contribution in [1.29, 1.82) is 0 Å². The Morgan fingerprint density at radius 1 is 1.04 bits per heavy atom. The number of hydrogen-bond donors (Lipinski definition) is 0. The molecule has 24 heavy (non-hydrogen) atoms. The lowest BCUT2D eigenvalue weighted by atomic mass is 10.1. The van der Waals surface area contributed by atoms with E-state index in [9.17, 15) is 0 Å². The van der Waals surface area contributed by atoms with Crippen LogP contribution in [0.2, 0.25) is 0 Å². The molecule has 1 aliphatic heterocycles. The Kier molecular flexibility index (Phi) is 3.74. The van der Waals surface area contributed by atoms with Crippen LogP contribution in [0.4, 0.5) is 0 Å². The number of ether oxygens (including phenoxy) is 1. The van der Waals surface area contributed by atoms with Crippen LogP contribution >= 0.6 is 11.8 Å². The first kappa shape index (κ1) is 14.8. The molecular formula is C16H20N6OS. The van der Waals surface area contributed by atoms with Crippen molar-refractivity contribution in [3.63, 3.8) is 0 Å². The highest BCUT2D eigenvalue weighted by Crippen LogP contribution is 2.41. The lowest BCUT2D eigenvalue weighted by Crippen LogP contribution is -2.21. The standard InChI is InChI=1S/C16H20N6OS/c1-2-12-13(3-1)17-14(10-4-5-10)18-15(12)24-16-19-20-21-22(16)11-6-8-23-9-7-11/h10-11H,1-9H2. The minimum atomic E-state index is 0.328. The second kappa shape index (κ2) is 6.07. The van der Waals surface area contributed by atoms with Crippen molar-refractivity contribution in [3.8, 4) is 0 Å². The Labute approximate surface area is 144 Å². The maximum absolute atomic E-state index is 5.46. The smallest absolute Gasteiger partial charge is 0.215 e. The Morgan fingerprint density at radius 2 is 1.92 bits per heavy atom. The summed E-state index contributed by atoms with van der Waals surface area (Å²) in [6.07, 6.45) is 7.71. The van der Waals surface area contributed by atoms with Gasteiger partial charge in [-0.25, -0.2) is 14.6 Å². The quantitative estimate of drug-likeness (QED) is 0.788. The third-order valence-corrected chi connectivity index (χ3v) is 6.02. The molecule has 0 unspecified atom stereocenters. The van der Waals surface area contributed by atoms with Crippen molar-refractivity contribution in [2.24, 2.45) is 0 Å². The maximum Gasteiger partial charge on any atom is 0.215 e. The first-order valence-electron chi connectivity index (χ1n) is 8.81. The second-order valence-corrected chi connectivity index (χ2v) is 7.75. The molecule has 2 aliphatic carbocycles. The summed E-state index contributed by atoms with van der Waals surface area (Å²) in [5.74, 6) is 1.60. The summed E-state index contributed by atoms with van der Waals surface area (Å²) < 4.78 is 7.42. The van der Waals surface area contributed by atoms with Crippen LogP contribution in [0.1, 0.15) is 61.1 Å². The highest BCUT2D eigenvalue weighted by molar-refractivity contribution is 7.99. The molecule has 5 rings (SSSR count). The van der Waals surface area contributed by atoms with E-state index in [1.807, 2.05) is 4.68 Å². The molecule has 0 N–H and O–H groups in total. The molecule has 3 heterocycles. The zero-order valence-electron chi connectivity index (χ0n) is 13.5. The molecule has 3 aliphatic rings. The number of fused-ring (bicyclic) bond motifs is 1. The summed E-state index contributed by atoms with van der Waals surface area (Å²) in [6.45, 7) is 1.56. The van der Waals surface area contributed by atoms with Crippen LogP contribution in [0.3, 0.4) is 0 Å². The van der Waals surface area contributed by atoms with Crippen molar-refractivity contribution in [3.05, 3.63) is 17.1 Å². The molecule has 126 valence electrons. The minimum absolute atomic E-state index is 0.328. The van der Waals surface area contributed by atoms with E-state index in [1.165, 1.54) is 30.5 Å². The van der Waals surface area contributed by atoms with Crippen LogP contribution in [-0.4, -0.2) is 43.4 Å². The molecule has 2 aromatic heterocycles. The van der Waals surface area contributed by atoms with Gasteiger partial charge in [0.2, 0.25) is 5.16 Å². The number of aryl methyl sites for hydroxylation is 1. The fraction of sp³-hybridized carbons (Fsp3) is 0.688. The summed E-state index contributed by atoms with van der Waals surface area (Å²) in [4.78, 5) is 9.70. The molecule has 0 aromatic carbocycles. The van der Waals surface area contributed by atoms with E-state index in [0.717, 1.165) is 54.9 Å². The molecule has 0 radical (unpaired) electrons. The van der Waals surface area contributed by atoms with Crippen LogP contribution < -0.4 is 0 Å². The lowest BCUT2D eigenvalue weighted by molar-refractivity contribution is 0.0631. The summed E-state index contributed by atoms with van der Waals surface area (Å²) in [5, 5.41) is 14.3. The molecule has 1 saturated carbocycles. The molecule has 2 fully saturated rings. The third-order valence-electron chi connectivity index (χ3n) is 5.04. The Morgan fingerprint density at radius 3 is 2.75 bits per heavy atom. The summed E-state index contributed by atoms with van der Waals surface area (Å²) in [7, 11) is 0. The number of rotatable bonds is 4. The van der Waals surface area contributed by atoms with Gasteiger partial charge in [-0.3, -0.25) is 0 Å². The van der Waals surface area contributed by atoms with Gasteiger partial charge >= 0.3 is 0 Å². The van der Waals surface area contributed by atoms with Crippen molar-refractivity contribution in [2.45, 2.75) is 67.1 Å². The third kappa shape index (κ3) is 2.71. The number of aromatic nitrogens is 6. The van der Waals surface area contributed by atoms with Gasteiger partial charge in [-0.1, -0.05) is 0 Å². The van der Waals surface area contributed by atoms with Crippen molar-refractivity contribution >= 4 is 11.8 Å². The van der Waals surface area contributed by atoms with E-state index in [0.29, 0.717) is 12.0 Å². The average molecular weight is 344 g/mol. The first-order valence-corrected chi connectivity index (χ1v) is 9.63. The highest BCUT2D eigenvalue weighted by atomic mass is 32.2. The van der Waals surface area contributed by atoms with Gasteiger partial charge in [0, 0.05) is 30.4 Å². The van der Waals surface area contributed by atoms with Crippen molar-refractivity contribution in [1.82, 2.24) is 30.2 Å². The van der Waals surface area contributed by atoms with E-state index in [-0.39, 0.29) is 0 Å². The van der Waals surface area contributed by atoms with Crippen molar-refractivity contribution < 1.29 is 4.74 Å². The topological polar surface area (TPSA) is 78.6 Å². The van der Waals surface area contributed by atoms with Crippen LogP contribution in [0, 0.1) is 0 Å². The number of nitrogens with zero attached hydrogens (tertiary/aromatic N) is 6. The summed E-state index contributed by atoms with van der Waals surface area (Å²) in [5.41, 5.74) is 2.56. The van der Waals surface area contributed by atoms with E-state index >= 15 is 0 Å². The highest BCUT2D eigenvalue weighted by Gasteiger charge is 2.30. The van der Waals surface area contributed by atoms with Gasteiger partial charge in [0.25, 0.3) is 0 Å². The van der Waals surface area contributed by atoms with Crippen LogP contribution in [0.15, 0.2) is 10.2 Å². The van der Waals surface area contributed by atoms with Gasteiger partial charge in [-0.05, 0) is 67.1 Å². The van der Waals surface area contributed by atoms with E-state index in [2.05, 4.69) is 15.5 Å².